The van der Waals surface area contributed by atoms with Crippen molar-refractivity contribution in [2.75, 3.05) is 0 Å². The largest absolute Gasteiger partial charge is 0.320 e. The van der Waals surface area contributed by atoms with Crippen molar-refractivity contribution >= 4 is 23.5 Å². The molecule has 2 atom stereocenters. The van der Waals surface area contributed by atoms with Gasteiger partial charge in [0.2, 0.25) is 5.91 Å². The van der Waals surface area contributed by atoms with Gasteiger partial charge >= 0.3 is 0 Å². The first kappa shape index (κ1) is 14.6. The number of fused-ring (bicyclic) bond motifs is 2. The maximum Gasteiger partial charge on any atom is 0.225 e. The van der Waals surface area contributed by atoms with Gasteiger partial charge in [0.15, 0.2) is 5.78 Å². The third-order valence-electron chi connectivity index (χ3n) is 5.55. The van der Waals surface area contributed by atoms with Gasteiger partial charge in [-0.15, -0.1) is 0 Å². The molecule has 118 valence electrons. The number of allylic oxidation sites excluding steroid dienone is 3. The smallest absolute Gasteiger partial charge is 0.225 e. The SMILES string of the molecule is CC1CCC2=C(C1)SC(NC(=O)CC1CCCC1)=C1C(=O)C21. The molecule has 3 nitrogen and oxygen atoms in total. The number of ketones is 1. The highest BCUT2D eigenvalue weighted by molar-refractivity contribution is 8.06. The number of Topliss-reactive ketones (excluding diaryl/α,β-unsaturated/α-hetero) is 1. The molecule has 4 heteroatoms. The van der Waals surface area contributed by atoms with Crippen LogP contribution in [0.2, 0.25) is 0 Å². The predicted molar refractivity (Wildman–Crippen MR) is 87.9 cm³/mol. The lowest BCUT2D eigenvalue weighted by molar-refractivity contribution is -0.121. The number of hydrogen-bond acceptors (Lipinski definition) is 3. The van der Waals surface area contributed by atoms with Crippen molar-refractivity contribution in [3.8, 4) is 0 Å². The Morgan fingerprint density at radius 2 is 2.05 bits per heavy atom. The molecule has 0 spiro atoms. The Hall–Kier alpha value is -1.03. The molecule has 3 aliphatic carbocycles. The van der Waals surface area contributed by atoms with Gasteiger partial charge < -0.3 is 5.32 Å². The highest BCUT2D eigenvalue weighted by atomic mass is 32.2. The minimum absolute atomic E-state index is 0.0329. The first-order chi connectivity index (χ1) is 10.6. The highest BCUT2D eigenvalue weighted by Crippen LogP contribution is 2.56. The van der Waals surface area contributed by atoms with Crippen LogP contribution in [0.3, 0.4) is 0 Å². The predicted octanol–water partition coefficient (Wildman–Crippen LogP) is 3.91. The van der Waals surface area contributed by atoms with Crippen molar-refractivity contribution in [1.82, 2.24) is 5.32 Å². The molecule has 2 saturated carbocycles. The minimum atomic E-state index is 0.0329. The van der Waals surface area contributed by atoms with Gasteiger partial charge in [0.25, 0.3) is 0 Å². The van der Waals surface area contributed by atoms with Crippen LogP contribution in [-0.4, -0.2) is 11.7 Å². The molecule has 2 unspecified atom stereocenters. The molecule has 0 bridgehead atoms. The van der Waals surface area contributed by atoms with Crippen molar-refractivity contribution in [3.63, 3.8) is 0 Å². The molecule has 1 aliphatic heterocycles. The molecule has 0 aromatic carbocycles. The van der Waals surface area contributed by atoms with Crippen LogP contribution in [0.4, 0.5) is 0 Å². The van der Waals surface area contributed by atoms with E-state index in [0.717, 1.165) is 23.4 Å². The van der Waals surface area contributed by atoms with Gasteiger partial charge in [-0.2, -0.15) is 0 Å². The van der Waals surface area contributed by atoms with Gasteiger partial charge in [-0.1, -0.05) is 31.5 Å². The van der Waals surface area contributed by atoms with Crippen LogP contribution in [0.1, 0.15) is 58.3 Å². The molecule has 4 aliphatic rings. The molecule has 1 amide bonds. The van der Waals surface area contributed by atoms with Crippen molar-refractivity contribution in [1.29, 1.82) is 0 Å². The summed E-state index contributed by atoms with van der Waals surface area (Å²) in [4.78, 5) is 25.8. The average Bonchev–Trinajstić information content (AvgIpc) is 2.91. The summed E-state index contributed by atoms with van der Waals surface area (Å²) < 4.78 is 0. The second kappa shape index (κ2) is 5.55. The Labute approximate surface area is 136 Å². The van der Waals surface area contributed by atoms with Crippen LogP contribution in [0.5, 0.6) is 0 Å². The van der Waals surface area contributed by atoms with E-state index in [4.69, 9.17) is 0 Å². The molecule has 1 N–H and O–H groups in total. The Morgan fingerprint density at radius 1 is 1.27 bits per heavy atom. The summed E-state index contributed by atoms with van der Waals surface area (Å²) in [6, 6.07) is 0. The summed E-state index contributed by atoms with van der Waals surface area (Å²) in [6.07, 6.45) is 8.83. The molecule has 0 aromatic heterocycles. The van der Waals surface area contributed by atoms with Crippen molar-refractivity contribution in [2.24, 2.45) is 17.8 Å². The zero-order valence-corrected chi connectivity index (χ0v) is 13.9. The Kier molecular flexibility index (Phi) is 3.67. The van der Waals surface area contributed by atoms with E-state index >= 15 is 0 Å². The first-order valence-electron chi connectivity index (χ1n) is 8.61. The van der Waals surface area contributed by atoms with Crippen LogP contribution in [-0.2, 0) is 9.59 Å². The topological polar surface area (TPSA) is 46.2 Å². The molecule has 4 rings (SSSR count). The molecule has 1 heterocycles. The summed E-state index contributed by atoms with van der Waals surface area (Å²) in [7, 11) is 0. The van der Waals surface area contributed by atoms with E-state index in [9.17, 15) is 9.59 Å². The molecular formula is C18H23NO2S. The third-order valence-corrected chi connectivity index (χ3v) is 6.75. The zero-order chi connectivity index (χ0) is 15.3. The summed E-state index contributed by atoms with van der Waals surface area (Å²) >= 11 is 1.67. The van der Waals surface area contributed by atoms with E-state index in [1.54, 1.807) is 11.8 Å². The summed E-state index contributed by atoms with van der Waals surface area (Å²) in [5.74, 6) is 1.63. The fourth-order valence-corrected chi connectivity index (χ4v) is 5.67. The monoisotopic (exact) mass is 317 g/mol. The van der Waals surface area contributed by atoms with E-state index in [2.05, 4.69) is 12.2 Å². The van der Waals surface area contributed by atoms with E-state index < -0.39 is 0 Å². The van der Waals surface area contributed by atoms with E-state index in [-0.39, 0.29) is 17.6 Å². The number of nitrogens with one attached hydrogen (secondary N) is 1. The van der Waals surface area contributed by atoms with E-state index in [1.165, 1.54) is 42.6 Å². The second-order valence-electron chi connectivity index (χ2n) is 7.34. The van der Waals surface area contributed by atoms with Crippen LogP contribution in [0.15, 0.2) is 21.1 Å². The van der Waals surface area contributed by atoms with Crippen LogP contribution >= 0.6 is 11.8 Å². The maximum atomic E-state index is 12.3. The summed E-state index contributed by atoms with van der Waals surface area (Å²) in [5, 5.41) is 3.92. The quantitative estimate of drug-likeness (QED) is 0.858. The molecular weight excluding hydrogens is 294 g/mol. The Balaban J connectivity index is 1.45. The number of hydrogen-bond donors (Lipinski definition) is 1. The summed E-state index contributed by atoms with van der Waals surface area (Å²) in [6.45, 7) is 2.27. The fourth-order valence-electron chi connectivity index (χ4n) is 4.21. The zero-order valence-electron chi connectivity index (χ0n) is 13.1. The third kappa shape index (κ3) is 2.55. The number of amides is 1. The van der Waals surface area contributed by atoms with Gasteiger partial charge in [0.1, 0.15) is 0 Å². The lowest BCUT2D eigenvalue weighted by Crippen LogP contribution is -2.25. The fraction of sp³-hybridized carbons (Fsp3) is 0.667. The van der Waals surface area contributed by atoms with Gasteiger partial charge in [0, 0.05) is 12.0 Å². The maximum absolute atomic E-state index is 12.3. The van der Waals surface area contributed by atoms with Crippen molar-refractivity contribution in [3.05, 3.63) is 21.1 Å². The number of thioether (sulfide) groups is 1. The van der Waals surface area contributed by atoms with Gasteiger partial charge in [-0.05, 0) is 54.4 Å². The van der Waals surface area contributed by atoms with Crippen LogP contribution in [0.25, 0.3) is 0 Å². The van der Waals surface area contributed by atoms with Crippen LogP contribution < -0.4 is 5.32 Å². The van der Waals surface area contributed by atoms with Crippen molar-refractivity contribution in [2.45, 2.75) is 58.3 Å². The molecule has 22 heavy (non-hydrogen) atoms. The molecule has 0 radical (unpaired) electrons. The summed E-state index contributed by atoms with van der Waals surface area (Å²) in [5.41, 5.74) is 2.25. The number of rotatable bonds is 3. The normalized spacial score (nSPS) is 31.2. The lowest BCUT2D eigenvalue weighted by Gasteiger charge is -2.27. The van der Waals surface area contributed by atoms with Gasteiger partial charge in [0.05, 0.1) is 10.9 Å². The molecule has 2 fully saturated rings. The first-order valence-corrected chi connectivity index (χ1v) is 9.43. The average molecular weight is 317 g/mol. The Bertz CT molecular complexity index is 598. The molecule has 0 saturated heterocycles. The van der Waals surface area contributed by atoms with Crippen LogP contribution in [0, 0.1) is 17.8 Å². The second-order valence-corrected chi connectivity index (χ2v) is 8.45. The van der Waals surface area contributed by atoms with E-state index in [0.29, 0.717) is 18.3 Å². The standard InChI is InChI=1S/C18H23NO2S/c1-10-6-7-12-13(8-10)22-18(16-15(12)17(16)21)19-14(20)9-11-4-2-3-5-11/h10-11,15H,2-9H2,1H3,(H,19,20). The number of carbonyl (C=O) groups excluding carboxylic acids is 2. The Morgan fingerprint density at radius 3 is 2.82 bits per heavy atom. The van der Waals surface area contributed by atoms with E-state index in [1.807, 2.05) is 0 Å². The lowest BCUT2D eigenvalue weighted by atomic mass is 9.88. The molecule has 0 aromatic rings. The highest BCUT2D eigenvalue weighted by Gasteiger charge is 2.52. The van der Waals surface area contributed by atoms with Gasteiger partial charge in [-0.25, -0.2) is 0 Å². The number of carbonyl (C=O) groups is 2. The minimum Gasteiger partial charge on any atom is -0.320 e. The van der Waals surface area contributed by atoms with Gasteiger partial charge in [-0.3, -0.25) is 9.59 Å². The van der Waals surface area contributed by atoms with Crippen molar-refractivity contribution < 1.29 is 9.59 Å².